The van der Waals surface area contributed by atoms with Gasteiger partial charge in [0.05, 0.1) is 38.8 Å². The normalized spacial score (nSPS) is 23.4. The van der Waals surface area contributed by atoms with Crippen molar-refractivity contribution >= 4 is 67.7 Å². The second-order valence-corrected chi connectivity index (χ2v) is 13.1. The average Bonchev–Trinajstić information content (AvgIpc) is 3.19. The summed E-state index contributed by atoms with van der Waals surface area (Å²) in [7, 11) is -3.07. The molecule has 0 spiro atoms. The van der Waals surface area contributed by atoms with Gasteiger partial charge in [0.15, 0.2) is 5.65 Å². The number of amides is 1. The van der Waals surface area contributed by atoms with Gasteiger partial charge in [0.25, 0.3) is 0 Å². The fraction of sp³-hybridized carbons (Fsp3) is 0.458. The van der Waals surface area contributed by atoms with Crippen molar-refractivity contribution in [1.29, 1.82) is 5.26 Å². The van der Waals surface area contributed by atoms with E-state index in [1.807, 2.05) is 10.6 Å². The topological polar surface area (TPSA) is 169 Å². The van der Waals surface area contributed by atoms with Gasteiger partial charge in [0.1, 0.15) is 15.4 Å². The highest BCUT2D eigenvalue weighted by atomic mass is 35.5. The first-order valence-corrected chi connectivity index (χ1v) is 14.9. The molecule has 0 aliphatic heterocycles. The van der Waals surface area contributed by atoms with Crippen LogP contribution >= 0.6 is 23.2 Å². The van der Waals surface area contributed by atoms with Crippen LogP contribution in [0, 0.1) is 17.2 Å². The largest absolute Gasteiger partial charge is 0.369 e. The highest BCUT2D eigenvalue weighted by molar-refractivity contribution is 7.91. The van der Waals surface area contributed by atoms with Gasteiger partial charge in [0.2, 0.25) is 17.8 Å². The fourth-order valence-corrected chi connectivity index (χ4v) is 6.84. The number of nitriles is 1. The first kappa shape index (κ1) is 26.5. The Balaban J connectivity index is 1.49. The molecule has 2 fully saturated rings. The number of carbonyl (C=O) groups excluding carboxylic acids is 1. The standard InChI is InChI=1S/C24H26Cl2N8O3S/c1-38(36,37)16-8-14(9-16)30-23-29-11-19-22(33-23)34(15-4-2-13(3-5-15)21(28)35)24(31-19)32-20-17(25)6-12(10-27)7-18(20)26/h6-7,11,13-16H,2-5,8-9H2,1H3,(H2,28,35)(H,31,32)(H,29,30,33)/t13-,14?,15+,16?. The van der Waals surface area contributed by atoms with Crippen molar-refractivity contribution in [2.75, 3.05) is 16.9 Å². The van der Waals surface area contributed by atoms with Gasteiger partial charge in [-0.15, -0.1) is 0 Å². The third-order valence-electron chi connectivity index (χ3n) is 7.34. The Hall–Kier alpha value is -3.14. The van der Waals surface area contributed by atoms with Gasteiger partial charge in [-0.2, -0.15) is 10.2 Å². The molecule has 3 aromatic rings. The smallest absolute Gasteiger partial charge is 0.224 e. The zero-order valence-electron chi connectivity index (χ0n) is 20.5. The van der Waals surface area contributed by atoms with Gasteiger partial charge < -0.3 is 16.4 Å². The van der Waals surface area contributed by atoms with E-state index in [-0.39, 0.29) is 39.2 Å². The van der Waals surface area contributed by atoms with Gasteiger partial charge in [-0.1, -0.05) is 23.2 Å². The number of anilines is 3. The maximum absolute atomic E-state index is 11.8. The van der Waals surface area contributed by atoms with Crippen LogP contribution in [0.4, 0.5) is 17.6 Å². The summed E-state index contributed by atoms with van der Waals surface area (Å²) in [5.41, 5.74) is 7.40. The minimum Gasteiger partial charge on any atom is -0.369 e. The maximum Gasteiger partial charge on any atom is 0.224 e. The molecule has 2 saturated carbocycles. The SMILES string of the molecule is CS(=O)(=O)C1CC(Nc2ncc3nc(Nc4c(Cl)cc(C#N)cc4Cl)n([C@H]4CC[C@@H](C(N)=O)CC4)c3n2)C1. The second-order valence-electron chi connectivity index (χ2n) is 9.93. The Morgan fingerprint density at radius 3 is 2.39 bits per heavy atom. The molecule has 14 heteroatoms. The molecule has 38 heavy (non-hydrogen) atoms. The summed E-state index contributed by atoms with van der Waals surface area (Å²) in [6, 6.07) is 4.99. The number of fused-ring (bicyclic) bond motifs is 1. The molecule has 0 radical (unpaired) electrons. The molecule has 1 aromatic carbocycles. The number of hydrogen-bond donors (Lipinski definition) is 3. The lowest BCUT2D eigenvalue weighted by molar-refractivity contribution is -0.122. The summed E-state index contributed by atoms with van der Waals surface area (Å²) in [5, 5.41) is 15.8. The first-order chi connectivity index (χ1) is 18.0. The summed E-state index contributed by atoms with van der Waals surface area (Å²) < 4.78 is 25.5. The molecule has 0 saturated heterocycles. The number of halogens is 2. The van der Waals surface area contributed by atoms with Crippen molar-refractivity contribution in [1.82, 2.24) is 19.5 Å². The predicted octanol–water partition coefficient (Wildman–Crippen LogP) is 3.95. The summed E-state index contributed by atoms with van der Waals surface area (Å²) in [6.07, 6.45) is 6.52. The van der Waals surface area contributed by atoms with E-state index in [1.165, 1.54) is 18.4 Å². The van der Waals surface area contributed by atoms with Crippen LogP contribution in [0.2, 0.25) is 10.0 Å². The molecule has 0 atom stereocenters. The third-order valence-corrected chi connectivity index (χ3v) is 9.53. The molecule has 2 aromatic heterocycles. The van der Waals surface area contributed by atoms with E-state index in [0.717, 1.165) is 0 Å². The van der Waals surface area contributed by atoms with Crippen molar-refractivity contribution in [2.45, 2.75) is 55.9 Å². The molecule has 2 aliphatic rings. The van der Waals surface area contributed by atoms with Crippen molar-refractivity contribution in [3.8, 4) is 6.07 Å². The number of aromatic nitrogens is 4. The molecular weight excluding hydrogens is 551 g/mol. The van der Waals surface area contributed by atoms with Crippen molar-refractivity contribution in [2.24, 2.45) is 11.7 Å². The minimum atomic E-state index is -3.07. The number of benzene rings is 1. The molecule has 1 amide bonds. The van der Waals surface area contributed by atoms with E-state index in [9.17, 15) is 18.5 Å². The lowest BCUT2D eigenvalue weighted by Crippen LogP contribution is -2.43. The van der Waals surface area contributed by atoms with E-state index in [0.29, 0.717) is 72.8 Å². The van der Waals surface area contributed by atoms with Gasteiger partial charge in [-0.25, -0.2) is 18.4 Å². The fourth-order valence-electron chi connectivity index (χ4n) is 5.10. The van der Waals surface area contributed by atoms with Crippen LogP contribution in [0.25, 0.3) is 11.2 Å². The Morgan fingerprint density at radius 2 is 1.82 bits per heavy atom. The second kappa shape index (κ2) is 10.2. The van der Waals surface area contributed by atoms with Crippen LogP contribution in [0.3, 0.4) is 0 Å². The highest BCUT2D eigenvalue weighted by Gasteiger charge is 2.37. The quantitative estimate of drug-likeness (QED) is 0.376. The molecule has 0 bridgehead atoms. The monoisotopic (exact) mass is 576 g/mol. The van der Waals surface area contributed by atoms with Gasteiger partial charge in [0, 0.05) is 24.3 Å². The zero-order valence-corrected chi connectivity index (χ0v) is 22.8. The van der Waals surface area contributed by atoms with Crippen LogP contribution in [0.5, 0.6) is 0 Å². The number of carbonyl (C=O) groups is 1. The van der Waals surface area contributed by atoms with Crippen LogP contribution in [0.15, 0.2) is 18.3 Å². The van der Waals surface area contributed by atoms with Crippen LogP contribution in [0.1, 0.15) is 50.1 Å². The molecule has 0 unspecified atom stereocenters. The van der Waals surface area contributed by atoms with E-state index in [4.69, 9.17) is 38.9 Å². The van der Waals surface area contributed by atoms with Crippen molar-refractivity contribution < 1.29 is 13.2 Å². The summed E-state index contributed by atoms with van der Waals surface area (Å²) >= 11 is 12.9. The predicted molar refractivity (Wildman–Crippen MR) is 145 cm³/mol. The van der Waals surface area contributed by atoms with E-state index >= 15 is 0 Å². The molecule has 11 nitrogen and oxygen atoms in total. The van der Waals surface area contributed by atoms with E-state index in [2.05, 4.69) is 15.6 Å². The Bertz CT molecular complexity index is 1530. The summed E-state index contributed by atoms with van der Waals surface area (Å²) in [4.78, 5) is 25.6. The number of nitrogens with two attached hydrogens (primary N) is 1. The Kier molecular flexibility index (Phi) is 7.11. The van der Waals surface area contributed by atoms with Gasteiger partial charge in [-0.3, -0.25) is 9.36 Å². The number of imidazole rings is 1. The average molecular weight is 577 g/mol. The minimum absolute atomic E-state index is 0.0323. The lowest BCUT2D eigenvalue weighted by atomic mass is 9.85. The molecule has 4 N–H and O–H groups in total. The van der Waals surface area contributed by atoms with Crippen molar-refractivity contribution in [3.05, 3.63) is 33.9 Å². The molecule has 5 rings (SSSR count). The van der Waals surface area contributed by atoms with Crippen LogP contribution in [-0.2, 0) is 14.6 Å². The van der Waals surface area contributed by atoms with Crippen LogP contribution in [-0.4, -0.2) is 51.4 Å². The van der Waals surface area contributed by atoms with Gasteiger partial charge >= 0.3 is 0 Å². The highest BCUT2D eigenvalue weighted by Crippen LogP contribution is 2.39. The first-order valence-electron chi connectivity index (χ1n) is 12.2. The van der Waals surface area contributed by atoms with E-state index < -0.39 is 9.84 Å². The van der Waals surface area contributed by atoms with E-state index in [1.54, 1.807) is 6.20 Å². The third kappa shape index (κ3) is 5.23. The molecule has 2 aliphatic carbocycles. The number of sulfone groups is 1. The van der Waals surface area contributed by atoms with Gasteiger partial charge in [-0.05, 0) is 50.7 Å². The molecule has 2 heterocycles. The number of hydrogen-bond acceptors (Lipinski definition) is 9. The zero-order chi connectivity index (χ0) is 27.2. The number of nitrogens with one attached hydrogen (secondary N) is 2. The Labute approximate surface area is 229 Å². The number of nitrogens with zero attached hydrogens (tertiary/aromatic N) is 5. The maximum atomic E-state index is 11.8. The summed E-state index contributed by atoms with van der Waals surface area (Å²) in [5.74, 6) is 0.355. The molecule has 200 valence electrons. The van der Waals surface area contributed by atoms with Crippen LogP contribution < -0.4 is 16.4 Å². The number of primary amides is 1. The number of rotatable bonds is 7. The Morgan fingerprint density at radius 1 is 1.16 bits per heavy atom. The summed E-state index contributed by atoms with van der Waals surface area (Å²) in [6.45, 7) is 0. The molecular formula is C24H26Cl2N8O3S. The van der Waals surface area contributed by atoms with Crippen molar-refractivity contribution in [3.63, 3.8) is 0 Å². The lowest BCUT2D eigenvalue weighted by Gasteiger charge is -2.34.